The van der Waals surface area contributed by atoms with E-state index in [1.165, 1.54) is 126 Å². The Hall–Kier alpha value is -7.70. The van der Waals surface area contributed by atoms with E-state index >= 15 is 0 Å². The number of carbonyl (C=O) groups is 6. The van der Waals surface area contributed by atoms with Crippen molar-refractivity contribution in [3.05, 3.63) is 137 Å². The molecule has 123 heavy (non-hydrogen) atoms. The Bertz CT molecular complexity index is 5190. The van der Waals surface area contributed by atoms with E-state index in [1.54, 1.807) is 34.0 Å². The summed E-state index contributed by atoms with van der Waals surface area (Å²) >= 11 is 11.4. The maximum atomic E-state index is 13.9. The molecule has 0 saturated carbocycles. The van der Waals surface area contributed by atoms with E-state index in [0.29, 0.717) is 67.2 Å². The number of likely N-dealkylation sites (tertiary alicyclic amines) is 2. The minimum Gasteiger partial charge on any atom is -0.481 e. The van der Waals surface area contributed by atoms with Crippen LogP contribution < -0.4 is 5.32 Å². The van der Waals surface area contributed by atoms with Crippen LogP contribution in [0.15, 0.2) is 72.8 Å². The number of hydrogen-bond donors (Lipinski definition) is 5. The highest BCUT2D eigenvalue weighted by Crippen LogP contribution is 2.50. The average molecular weight is 1760 g/mol. The number of fused-ring (bicyclic) bond motifs is 9. The lowest BCUT2D eigenvalue weighted by atomic mass is 9.88. The Morgan fingerprint density at radius 2 is 0.667 bits per heavy atom. The molecule has 0 aliphatic carbocycles. The molecule has 9 aliphatic rings. The van der Waals surface area contributed by atoms with Crippen LogP contribution >= 0.6 is 45.6 Å². The molecular formula is C100H133ClFN9O9S3. The molecule has 0 unspecified atom stereocenters. The summed E-state index contributed by atoms with van der Waals surface area (Å²) < 4.78 is 10.2. The van der Waals surface area contributed by atoms with Crippen LogP contribution in [0.25, 0.3) is 64.4 Å². The quantitative estimate of drug-likeness (QED) is 0.0316. The number of aliphatic carboxylic acids is 1. The van der Waals surface area contributed by atoms with Crippen molar-refractivity contribution in [2.45, 2.75) is 284 Å². The monoisotopic (exact) mass is 1750 g/mol. The molecule has 3 amide bonds. The molecule has 23 heteroatoms. The summed E-state index contributed by atoms with van der Waals surface area (Å²) in [4.78, 5) is 106. The summed E-state index contributed by atoms with van der Waals surface area (Å²) in [6.45, 7) is 37.5. The van der Waals surface area contributed by atoms with E-state index in [2.05, 4.69) is 201 Å². The van der Waals surface area contributed by atoms with Gasteiger partial charge in [-0.15, -0.1) is 45.6 Å². The van der Waals surface area contributed by atoms with Gasteiger partial charge >= 0.3 is 17.9 Å². The smallest absolute Gasteiger partial charge is 0.309 e. The number of carboxylic acid groups (broad SMARTS) is 1. The zero-order valence-corrected chi connectivity index (χ0v) is 78.4. The van der Waals surface area contributed by atoms with Crippen LogP contribution in [0.3, 0.4) is 0 Å². The zero-order chi connectivity index (χ0) is 86.4. The highest BCUT2D eigenvalue weighted by Gasteiger charge is 2.51. The Labute approximate surface area is 744 Å². The maximum Gasteiger partial charge on any atom is 0.309 e. The van der Waals surface area contributed by atoms with Crippen LogP contribution in [0.5, 0.6) is 0 Å². The number of carbonyl (C=O) groups excluding carboxylic acids is 5. The molecule has 9 fully saturated rings. The van der Waals surface area contributed by atoms with Crippen LogP contribution in [0.2, 0.25) is 0 Å². The number of piperidine rings is 3. The van der Waals surface area contributed by atoms with Gasteiger partial charge in [-0.1, -0.05) is 51.6 Å². The van der Waals surface area contributed by atoms with Crippen molar-refractivity contribution in [1.82, 2.24) is 44.8 Å². The van der Waals surface area contributed by atoms with E-state index in [-0.39, 0.29) is 40.3 Å². The number of rotatable bonds is 22. The molecule has 15 heterocycles. The van der Waals surface area contributed by atoms with Gasteiger partial charge < -0.3 is 59.3 Å². The highest BCUT2D eigenvalue weighted by atomic mass is 35.5. The van der Waals surface area contributed by atoms with E-state index in [1.807, 2.05) is 13.8 Å². The van der Waals surface area contributed by atoms with E-state index in [4.69, 9.17) is 21.1 Å². The second kappa shape index (κ2) is 38.5. The fourth-order valence-corrected chi connectivity index (χ4v) is 25.7. The van der Waals surface area contributed by atoms with Crippen molar-refractivity contribution in [2.24, 2.45) is 17.8 Å². The van der Waals surface area contributed by atoms with Gasteiger partial charge in [-0.05, 0) is 359 Å². The number of hydrogen-bond acceptors (Lipinski definition) is 14. The Balaban J connectivity index is 0.000000142. The van der Waals surface area contributed by atoms with E-state index in [9.17, 15) is 33.9 Å². The number of aryl methyl sites for hydroxylation is 7. The maximum absolute atomic E-state index is 13.9. The number of aromatic nitrogens is 3. The van der Waals surface area contributed by atoms with Crippen LogP contribution in [0.4, 0.5) is 4.70 Å². The number of amides is 3. The van der Waals surface area contributed by atoms with Crippen LogP contribution in [0.1, 0.15) is 236 Å². The molecule has 6 bridgehead atoms. The number of H-pyrrole nitrogens is 3. The third-order valence-corrected chi connectivity index (χ3v) is 33.0. The standard InChI is InChI=1S/C34H45N3O3S.C32H41N3O3S.C26H31ClN2OS.C8H15NO2.FH/c1-6-40-32(38)23-11-14-36(15-12-23)16-13-27-28-20-29(34(4,5)33(39)37-25-7-8-26(37)10-9-25)41-31(28)35-30(27)24-18-21(2)17-22(3)19-24;1-19-15-20(2)17-22(16-19)28-25(11-14-34-12-9-21(10-13-34)30(36)37)26-18-27(39-29(26)33-28)32(3,4)31(38)35-23-5-6-24(35)8-7-23;1-15-11-16(2)13-17(12-15)23-20(9-10-27)21-14-22(31-24(21)28-23)26(3,4)25(30)29-18-5-6-19(29)8-7-18;1-2-11-8(10)7-3-5-9-6-4-7;/h17-20,23,25-26,35H,6-16H2,1-5H3;15-18,21,23-24,33H,5-14H2,1-4H3,(H,36,37);11-14,18-19,28H,5-10H2,1-4H3;7,9H,2-6H2,1H3;1H. The minimum atomic E-state index is -0.663. The summed E-state index contributed by atoms with van der Waals surface area (Å²) in [6.07, 6.45) is 21.7. The molecular weight excluding hydrogens is 1620 g/mol. The van der Waals surface area contributed by atoms with Crippen molar-refractivity contribution in [3.8, 4) is 33.8 Å². The number of nitrogens with zero attached hydrogens (tertiary/aromatic N) is 5. The van der Waals surface area contributed by atoms with Gasteiger partial charge in [0.2, 0.25) is 17.7 Å². The Morgan fingerprint density at radius 3 is 0.935 bits per heavy atom. The largest absolute Gasteiger partial charge is 0.481 e. The molecule has 9 aromatic rings. The minimum absolute atomic E-state index is 0. The molecule has 18 rings (SSSR count). The molecule has 3 aromatic carbocycles. The lowest BCUT2D eigenvalue weighted by molar-refractivity contribution is -0.150. The second-order valence-corrected chi connectivity index (χ2v) is 42.1. The lowest BCUT2D eigenvalue weighted by Crippen LogP contribution is -2.45. The number of alkyl halides is 1. The first kappa shape index (κ1) is 91.5. The Morgan fingerprint density at radius 1 is 0.398 bits per heavy atom. The summed E-state index contributed by atoms with van der Waals surface area (Å²) in [7, 11) is 0. The third-order valence-electron chi connectivity index (χ3n) is 28.6. The summed E-state index contributed by atoms with van der Waals surface area (Å²) in [5.74, 6) is 0.707. The summed E-state index contributed by atoms with van der Waals surface area (Å²) in [5.41, 5.74) is 17.1. The molecule has 5 N–H and O–H groups in total. The highest BCUT2D eigenvalue weighted by molar-refractivity contribution is 7.19. The van der Waals surface area contributed by atoms with Gasteiger partial charge in [0.15, 0.2) is 0 Å². The SMILES string of the molecule is CCOC(=O)C1CCN(CCc2c(-c3cc(C)cc(C)c3)[nH]c3sc(C(C)(C)C(=O)N4C5CCC4CC5)cc23)CC1.CCOC(=O)C1CCNCC1.Cc1cc(C)cc(-c2[nH]c3sc(C(C)(C)C(=O)N4C5CCC4CC5)cc3c2CCCl)c1.Cc1cc(C)cc(-c2[nH]c3sc(C(C)(C)C(=O)N4C5CCC4CC5)cc3c2CCN2CCC(C(=O)O)CC2)c1.F. The number of aromatic amines is 3. The average Bonchev–Trinajstić information content (AvgIpc) is 1.60. The molecule has 0 atom stereocenters. The van der Waals surface area contributed by atoms with Gasteiger partial charge in [0.1, 0.15) is 14.5 Å². The normalized spacial score (nSPS) is 21.3. The van der Waals surface area contributed by atoms with Gasteiger partial charge in [0.05, 0.1) is 64.3 Å². The van der Waals surface area contributed by atoms with Gasteiger partial charge in [0, 0.05) is 86.0 Å². The topological polar surface area (TPSA) is 217 Å². The van der Waals surface area contributed by atoms with Crippen molar-refractivity contribution in [3.63, 3.8) is 0 Å². The fourth-order valence-electron chi connectivity index (χ4n) is 21.9. The Kier molecular flexibility index (Phi) is 28.6. The zero-order valence-electron chi connectivity index (χ0n) is 75.2. The number of ether oxygens (including phenoxy) is 2. The van der Waals surface area contributed by atoms with Crippen molar-refractivity contribution < 1.29 is 48.1 Å². The third kappa shape index (κ3) is 19.3. The first-order valence-electron chi connectivity index (χ1n) is 45.9. The molecule has 9 aliphatic heterocycles. The molecule has 6 aromatic heterocycles. The van der Waals surface area contributed by atoms with Gasteiger partial charge in [-0.25, -0.2) is 0 Å². The summed E-state index contributed by atoms with van der Waals surface area (Å²) in [5, 5.41) is 16.3. The van der Waals surface area contributed by atoms with Crippen LogP contribution in [-0.4, -0.2) is 188 Å². The van der Waals surface area contributed by atoms with E-state index in [0.717, 1.165) is 191 Å². The molecule has 9 saturated heterocycles. The van der Waals surface area contributed by atoms with Crippen molar-refractivity contribution in [2.75, 3.05) is 71.5 Å². The predicted octanol–water partition coefficient (Wildman–Crippen LogP) is 20.5. The van der Waals surface area contributed by atoms with Crippen molar-refractivity contribution >= 4 is 112 Å². The molecule has 18 nitrogen and oxygen atoms in total. The van der Waals surface area contributed by atoms with Gasteiger partial charge in [0.25, 0.3) is 0 Å². The predicted molar refractivity (Wildman–Crippen MR) is 500 cm³/mol. The number of thiophene rings is 3. The van der Waals surface area contributed by atoms with Crippen molar-refractivity contribution in [1.29, 1.82) is 0 Å². The first-order chi connectivity index (χ1) is 58.4. The number of carboxylic acids is 1. The second-order valence-electron chi connectivity index (χ2n) is 38.6. The number of esters is 2. The molecule has 664 valence electrons. The molecule has 0 radical (unpaired) electrons. The summed E-state index contributed by atoms with van der Waals surface area (Å²) in [6, 6.07) is 29.7. The first-order valence-corrected chi connectivity index (χ1v) is 48.9. The van der Waals surface area contributed by atoms with Gasteiger partial charge in [-0.3, -0.25) is 33.5 Å². The fraction of sp³-hybridized carbons (Fsp3) is 0.580. The van der Waals surface area contributed by atoms with Crippen LogP contribution in [0, 0.1) is 59.3 Å². The van der Waals surface area contributed by atoms with E-state index < -0.39 is 22.2 Å². The van der Waals surface area contributed by atoms with Crippen LogP contribution in [-0.2, 0) is 73.7 Å². The number of halogens is 2. The van der Waals surface area contributed by atoms with Gasteiger partial charge in [-0.2, -0.15) is 0 Å². The number of nitrogens with one attached hydrogen (secondary N) is 4. The number of benzene rings is 3. The molecule has 0 spiro atoms. The lowest BCUT2D eigenvalue weighted by Gasteiger charge is -2.31.